The summed E-state index contributed by atoms with van der Waals surface area (Å²) in [6.07, 6.45) is 3.51. The number of benzene rings is 1. The molecular formula is C13H19N3OS. The molecule has 0 amide bonds. The number of hydrogen-bond acceptors (Lipinski definition) is 4. The van der Waals surface area contributed by atoms with Gasteiger partial charge in [-0.15, -0.1) is 5.10 Å². The van der Waals surface area contributed by atoms with Gasteiger partial charge in [0.05, 0.1) is 12.8 Å². The highest BCUT2D eigenvalue weighted by Gasteiger charge is 1.97. The van der Waals surface area contributed by atoms with E-state index in [1.54, 1.807) is 6.21 Å². The third kappa shape index (κ3) is 5.72. The van der Waals surface area contributed by atoms with E-state index in [1.807, 2.05) is 30.5 Å². The number of rotatable bonds is 5. The first-order valence-electron chi connectivity index (χ1n) is 5.75. The molecular weight excluding hydrogens is 246 g/mol. The van der Waals surface area contributed by atoms with Crippen LogP contribution in [0.2, 0.25) is 0 Å². The Morgan fingerprint density at radius 2 is 2.28 bits per heavy atom. The van der Waals surface area contributed by atoms with E-state index in [9.17, 15) is 0 Å². The second-order valence-electron chi connectivity index (χ2n) is 4.16. The second-order valence-corrected chi connectivity index (χ2v) is 4.99. The standard InChI is InChI=1S/C13H19N3OS/c1-10(2)9-17-12-6-4-5-11(7-12)8-15-16-13(14)18-3/h4-8,10H,9H2,1-3H3,(H2,14,16)/b15-8-. The highest BCUT2D eigenvalue weighted by Crippen LogP contribution is 2.13. The van der Waals surface area contributed by atoms with Gasteiger partial charge in [0, 0.05) is 0 Å². The molecule has 0 saturated heterocycles. The van der Waals surface area contributed by atoms with E-state index in [2.05, 4.69) is 24.1 Å². The van der Waals surface area contributed by atoms with E-state index in [1.165, 1.54) is 11.8 Å². The van der Waals surface area contributed by atoms with Crippen molar-refractivity contribution in [2.75, 3.05) is 12.9 Å². The Labute approximate surface area is 112 Å². The summed E-state index contributed by atoms with van der Waals surface area (Å²) in [5, 5.41) is 8.18. The SMILES string of the molecule is CS/C(N)=N/N=C\c1cccc(OCC(C)C)c1. The minimum Gasteiger partial charge on any atom is -0.493 e. The van der Waals surface area contributed by atoms with Crippen LogP contribution in [0.3, 0.4) is 0 Å². The summed E-state index contributed by atoms with van der Waals surface area (Å²) in [4.78, 5) is 0. The minimum atomic E-state index is 0.443. The van der Waals surface area contributed by atoms with Crippen molar-refractivity contribution in [2.24, 2.45) is 21.9 Å². The van der Waals surface area contributed by atoms with Crippen LogP contribution in [0.25, 0.3) is 0 Å². The van der Waals surface area contributed by atoms with E-state index in [-0.39, 0.29) is 0 Å². The van der Waals surface area contributed by atoms with Gasteiger partial charge in [0.1, 0.15) is 5.75 Å². The van der Waals surface area contributed by atoms with Crippen molar-refractivity contribution in [1.29, 1.82) is 0 Å². The van der Waals surface area contributed by atoms with Crippen LogP contribution in [-0.4, -0.2) is 24.2 Å². The lowest BCUT2D eigenvalue weighted by Gasteiger charge is -2.08. The van der Waals surface area contributed by atoms with Gasteiger partial charge in [0.25, 0.3) is 0 Å². The van der Waals surface area contributed by atoms with Gasteiger partial charge in [-0.25, -0.2) is 0 Å². The molecule has 0 bridgehead atoms. The molecule has 1 rings (SSSR count). The Bertz CT molecular complexity index is 430. The molecule has 0 heterocycles. The van der Waals surface area contributed by atoms with E-state index in [4.69, 9.17) is 10.5 Å². The van der Waals surface area contributed by atoms with Gasteiger partial charge in [-0.1, -0.05) is 37.7 Å². The predicted octanol–water partition coefficient (Wildman–Crippen LogP) is 2.73. The molecule has 18 heavy (non-hydrogen) atoms. The fraction of sp³-hybridized carbons (Fsp3) is 0.385. The Morgan fingerprint density at radius 3 is 2.94 bits per heavy atom. The first kappa shape index (κ1) is 14.6. The van der Waals surface area contributed by atoms with Crippen molar-refractivity contribution in [2.45, 2.75) is 13.8 Å². The van der Waals surface area contributed by atoms with Crippen molar-refractivity contribution >= 4 is 23.1 Å². The lowest BCUT2D eigenvalue weighted by atomic mass is 10.2. The van der Waals surface area contributed by atoms with Crippen molar-refractivity contribution in [3.05, 3.63) is 29.8 Å². The monoisotopic (exact) mass is 265 g/mol. The van der Waals surface area contributed by atoms with Crippen LogP contribution in [0, 0.1) is 5.92 Å². The number of hydrogen-bond donors (Lipinski definition) is 1. The summed E-state index contributed by atoms with van der Waals surface area (Å²) in [5.41, 5.74) is 6.46. The molecule has 0 atom stereocenters. The van der Waals surface area contributed by atoms with Gasteiger partial charge >= 0.3 is 0 Å². The number of nitrogens with zero attached hydrogens (tertiary/aromatic N) is 2. The van der Waals surface area contributed by atoms with Gasteiger partial charge in [-0.2, -0.15) is 5.10 Å². The molecule has 0 aliphatic rings. The topological polar surface area (TPSA) is 60.0 Å². The molecule has 5 heteroatoms. The van der Waals surface area contributed by atoms with Crippen molar-refractivity contribution < 1.29 is 4.74 Å². The molecule has 0 spiro atoms. The summed E-state index contributed by atoms with van der Waals surface area (Å²) in [7, 11) is 0. The Hall–Kier alpha value is -1.49. The van der Waals surface area contributed by atoms with Crippen LogP contribution in [0.4, 0.5) is 0 Å². The molecule has 2 N–H and O–H groups in total. The largest absolute Gasteiger partial charge is 0.493 e. The quantitative estimate of drug-likeness (QED) is 0.506. The number of ether oxygens (including phenoxy) is 1. The zero-order chi connectivity index (χ0) is 13.4. The van der Waals surface area contributed by atoms with Crippen LogP contribution in [0.5, 0.6) is 5.75 Å². The van der Waals surface area contributed by atoms with E-state index in [0.717, 1.165) is 11.3 Å². The first-order chi connectivity index (χ1) is 8.61. The molecule has 1 aromatic carbocycles. The highest BCUT2D eigenvalue weighted by atomic mass is 32.2. The number of nitrogens with two attached hydrogens (primary N) is 1. The highest BCUT2D eigenvalue weighted by molar-refractivity contribution is 8.13. The molecule has 4 nitrogen and oxygen atoms in total. The molecule has 0 aliphatic heterocycles. The molecule has 0 radical (unpaired) electrons. The average molecular weight is 265 g/mol. The van der Waals surface area contributed by atoms with Crippen molar-refractivity contribution in [3.63, 3.8) is 0 Å². The summed E-state index contributed by atoms with van der Waals surface area (Å²) in [5.74, 6) is 1.35. The van der Waals surface area contributed by atoms with Gasteiger partial charge in [0.2, 0.25) is 0 Å². The number of thioether (sulfide) groups is 1. The smallest absolute Gasteiger partial charge is 0.180 e. The van der Waals surface area contributed by atoms with Gasteiger partial charge in [0.15, 0.2) is 5.17 Å². The Morgan fingerprint density at radius 1 is 1.50 bits per heavy atom. The Balaban J connectivity index is 2.64. The molecule has 0 aliphatic carbocycles. The lowest BCUT2D eigenvalue weighted by Crippen LogP contribution is -2.04. The summed E-state index contributed by atoms with van der Waals surface area (Å²) >= 11 is 1.36. The van der Waals surface area contributed by atoms with Gasteiger partial charge in [-0.05, 0) is 29.9 Å². The second kappa shape index (κ2) is 7.76. The molecule has 0 saturated carbocycles. The maximum atomic E-state index is 5.63. The first-order valence-corrected chi connectivity index (χ1v) is 6.97. The Kier molecular flexibility index (Phi) is 6.28. The van der Waals surface area contributed by atoms with E-state index < -0.39 is 0 Å². The van der Waals surface area contributed by atoms with Crippen LogP contribution in [0.1, 0.15) is 19.4 Å². The van der Waals surface area contributed by atoms with Crippen LogP contribution < -0.4 is 10.5 Å². The average Bonchev–Trinajstić information content (AvgIpc) is 2.36. The summed E-state index contributed by atoms with van der Waals surface area (Å²) < 4.78 is 5.63. The van der Waals surface area contributed by atoms with E-state index in [0.29, 0.717) is 17.7 Å². The summed E-state index contributed by atoms with van der Waals surface area (Å²) in [6, 6.07) is 7.73. The molecule has 0 fully saturated rings. The van der Waals surface area contributed by atoms with Crippen LogP contribution in [-0.2, 0) is 0 Å². The third-order valence-corrected chi connectivity index (χ3v) is 2.51. The normalized spacial score (nSPS) is 12.3. The van der Waals surface area contributed by atoms with Crippen molar-refractivity contribution in [3.8, 4) is 5.75 Å². The fourth-order valence-corrected chi connectivity index (χ4v) is 1.27. The van der Waals surface area contributed by atoms with Gasteiger partial charge in [-0.3, -0.25) is 0 Å². The molecule has 0 aromatic heterocycles. The number of amidine groups is 1. The zero-order valence-corrected chi connectivity index (χ0v) is 11.8. The summed E-state index contributed by atoms with van der Waals surface area (Å²) in [6.45, 7) is 4.94. The zero-order valence-electron chi connectivity index (χ0n) is 11.0. The van der Waals surface area contributed by atoms with Crippen molar-refractivity contribution in [1.82, 2.24) is 0 Å². The predicted molar refractivity (Wildman–Crippen MR) is 79.5 cm³/mol. The van der Waals surface area contributed by atoms with E-state index >= 15 is 0 Å². The van der Waals surface area contributed by atoms with Gasteiger partial charge < -0.3 is 10.5 Å². The maximum Gasteiger partial charge on any atom is 0.180 e. The fourth-order valence-electron chi connectivity index (χ4n) is 1.14. The third-order valence-electron chi connectivity index (χ3n) is 2.01. The maximum absolute atomic E-state index is 5.63. The van der Waals surface area contributed by atoms with Crippen LogP contribution >= 0.6 is 11.8 Å². The molecule has 0 unspecified atom stereocenters. The van der Waals surface area contributed by atoms with Crippen LogP contribution in [0.15, 0.2) is 34.5 Å². The lowest BCUT2D eigenvalue weighted by molar-refractivity contribution is 0.271. The molecule has 1 aromatic rings. The molecule has 98 valence electrons. The minimum absolute atomic E-state index is 0.443.